The van der Waals surface area contributed by atoms with Crippen molar-refractivity contribution in [1.29, 1.82) is 0 Å². The molecule has 2 N–H and O–H groups in total. The van der Waals surface area contributed by atoms with Crippen molar-refractivity contribution in [3.05, 3.63) is 0 Å². The van der Waals surface area contributed by atoms with E-state index in [-0.39, 0.29) is 5.92 Å². The molecule has 0 unspecified atom stereocenters. The van der Waals surface area contributed by atoms with Crippen LogP contribution < -0.4 is 5.32 Å². The molecule has 5 heteroatoms. The van der Waals surface area contributed by atoms with Crippen molar-refractivity contribution in [3.8, 4) is 0 Å². The number of alkyl carbamates (subject to hydrolysis) is 1. The maximum Gasteiger partial charge on any atom is 0.408 e. The summed E-state index contributed by atoms with van der Waals surface area (Å²) in [6, 6.07) is -0.889. The first kappa shape index (κ1) is 15.7. The van der Waals surface area contributed by atoms with Gasteiger partial charge in [0, 0.05) is 0 Å². The first-order valence-electron chi connectivity index (χ1n) is 5.93. The molecule has 1 amide bonds. The van der Waals surface area contributed by atoms with Crippen LogP contribution in [0.1, 0.15) is 47.5 Å². The van der Waals surface area contributed by atoms with Crippen LogP contribution in [0.3, 0.4) is 0 Å². The fraction of sp³-hybridized carbons (Fsp3) is 0.833. The smallest absolute Gasteiger partial charge is 0.408 e. The number of carboxylic acid groups (broad SMARTS) is 1. The normalized spacial score (nSPS) is 13.3. The van der Waals surface area contributed by atoms with Crippen LogP contribution in [0, 0.1) is 5.92 Å². The van der Waals surface area contributed by atoms with Crippen molar-refractivity contribution in [1.82, 2.24) is 5.32 Å². The summed E-state index contributed by atoms with van der Waals surface area (Å²) in [5.41, 5.74) is -0.624. The SMILES string of the molecule is CCC(CC)[C@@H](NC(=O)OC(C)(C)C)C(=O)O. The molecular weight excluding hydrogens is 222 g/mol. The van der Waals surface area contributed by atoms with Crippen LogP contribution in [0.2, 0.25) is 0 Å². The van der Waals surface area contributed by atoms with Gasteiger partial charge in [-0.1, -0.05) is 26.7 Å². The third-order valence-electron chi connectivity index (χ3n) is 2.46. The van der Waals surface area contributed by atoms with Crippen LogP contribution in [-0.2, 0) is 9.53 Å². The minimum Gasteiger partial charge on any atom is -0.480 e. The van der Waals surface area contributed by atoms with Gasteiger partial charge >= 0.3 is 12.1 Å². The van der Waals surface area contributed by atoms with Gasteiger partial charge in [-0.25, -0.2) is 9.59 Å². The molecule has 0 rings (SSSR count). The Morgan fingerprint density at radius 2 is 1.71 bits per heavy atom. The lowest BCUT2D eigenvalue weighted by Gasteiger charge is -2.25. The summed E-state index contributed by atoms with van der Waals surface area (Å²) >= 11 is 0. The highest BCUT2D eigenvalue weighted by Gasteiger charge is 2.29. The average molecular weight is 245 g/mol. The third kappa shape index (κ3) is 6.14. The highest BCUT2D eigenvalue weighted by molar-refractivity contribution is 5.80. The molecule has 0 heterocycles. The molecule has 0 aromatic carbocycles. The highest BCUT2D eigenvalue weighted by Crippen LogP contribution is 2.14. The average Bonchev–Trinajstić information content (AvgIpc) is 2.14. The van der Waals surface area contributed by atoms with Gasteiger partial charge in [-0.15, -0.1) is 0 Å². The summed E-state index contributed by atoms with van der Waals surface area (Å²) in [5, 5.41) is 11.5. The minimum atomic E-state index is -1.02. The molecule has 0 aromatic heterocycles. The summed E-state index contributed by atoms with van der Waals surface area (Å²) in [4.78, 5) is 22.6. The molecule has 0 aliphatic heterocycles. The Bertz CT molecular complexity index is 266. The van der Waals surface area contributed by atoms with Crippen LogP contribution in [0.15, 0.2) is 0 Å². The summed E-state index contributed by atoms with van der Waals surface area (Å²) in [7, 11) is 0. The van der Waals surface area contributed by atoms with Gasteiger partial charge in [0.25, 0.3) is 0 Å². The molecule has 0 fully saturated rings. The molecule has 0 aliphatic carbocycles. The Morgan fingerprint density at radius 3 is 2.00 bits per heavy atom. The molecule has 1 atom stereocenters. The number of nitrogens with one attached hydrogen (secondary N) is 1. The lowest BCUT2D eigenvalue weighted by atomic mass is 9.94. The van der Waals surface area contributed by atoms with Gasteiger partial charge < -0.3 is 15.2 Å². The molecule has 0 bridgehead atoms. The molecule has 17 heavy (non-hydrogen) atoms. The summed E-state index contributed by atoms with van der Waals surface area (Å²) in [5.74, 6) is -1.11. The van der Waals surface area contributed by atoms with Crippen molar-refractivity contribution < 1.29 is 19.4 Å². The number of aliphatic carboxylic acids is 1. The van der Waals surface area contributed by atoms with E-state index in [9.17, 15) is 9.59 Å². The van der Waals surface area contributed by atoms with Crippen molar-refractivity contribution >= 4 is 12.1 Å². The van der Waals surface area contributed by atoms with Crippen LogP contribution in [-0.4, -0.2) is 28.8 Å². The van der Waals surface area contributed by atoms with Gasteiger partial charge in [-0.3, -0.25) is 0 Å². The second kappa shape index (κ2) is 6.47. The Morgan fingerprint density at radius 1 is 1.24 bits per heavy atom. The number of amides is 1. The van der Waals surface area contributed by atoms with Crippen molar-refractivity contribution in [2.24, 2.45) is 5.92 Å². The van der Waals surface area contributed by atoms with Gasteiger partial charge in [0.1, 0.15) is 11.6 Å². The Labute approximate surface area is 103 Å². The van der Waals surface area contributed by atoms with Gasteiger partial charge in [0.05, 0.1) is 0 Å². The zero-order valence-electron chi connectivity index (χ0n) is 11.2. The summed E-state index contributed by atoms with van der Waals surface area (Å²) in [6.07, 6.45) is 0.712. The van der Waals surface area contributed by atoms with Gasteiger partial charge in [0.2, 0.25) is 0 Å². The molecule has 0 spiro atoms. The highest BCUT2D eigenvalue weighted by atomic mass is 16.6. The van der Waals surface area contributed by atoms with Gasteiger partial charge in [-0.05, 0) is 26.7 Å². The summed E-state index contributed by atoms with van der Waals surface area (Å²) < 4.78 is 5.04. The van der Waals surface area contributed by atoms with E-state index in [2.05, 4.69) is 5.32 Å². The van der Waals surface area contributed by atoms with E-state index >= 15 is 0 Å². The van der Waals surface area contributed by atoms with E-state index in [1.165, 1.54) is 0 Å². The summed E-state index contributed by atoms with van der Waals surface area (Å²) in [6.45, 7) is 9.01. The fourth-order valence-corrected chi connectivity index (χ4v) is 1.58. The van der Waals surface area contributed by atoms with Gasteiger partial charge in [0.15, 0.2) is 0 Å². The standard InChI is InChI=1S/C12H23NO4/c1-6-8(7-2)9(10(14)15)13-11(16)17-12(3,4)5/h8-9H,6-7H2,1-5H3,(H,13,16)(H,14,15)/t9-/m1/s1. The van der Waals surface area contributed by atoms with Crippen LogP contribution >= 0.6 is 0 Å². The van der Waals surface area contributed by atoms with Crippen molar-refractivity contribution in [3.63, 3.8) is 0 Å². The van der Waals surface area contributed by atoms with Crippen LogP contribution in [0.4, 0.5) is 4.79 Å². The van der Waals surface area contributed by atoms with E-state index in [0.29, 0.717) is 12.8 Å². The van der Waals surface area contributed by atoms with E-state index in [1.54, 1.807) is 20.8 Å². The molecule has 0 saturated carbocycles. The lowest BCUT2D eigenvalue weighted by molar-refractivity contribution is -0.141. The van der Waals surface area contributed by atoms with E-state index in [4.69, 9.17) is 9.84 Å². The molecule has 100 valence electrons. The van der Waals surface area contributed by atoms with Gasteiger partial charge in [-0.2, -0.15) is 0 Å². The Balaban J connectivity index is 4.56. The second-order valence-electron chi connectivity index (χ2n) is 5.04. The minimum absolute atomic E-state index is 0.0833. The predicted octanol–water partition coefficient (Wildman–Crippen LogP) is 2.40. The zero-order chi connectivity index (χ0) is 13.6. The zero-order valence-corrected chi connectivity index (χ0v) is 11.2. The molecule has 5 nitrogen and oxygen atoms in total. The molecular formula is C12H23NO4. The number of hydrogen-bond acceptors (Lipinski definition) is 3. The number of hydrogen-bond donors (Lipinski definition) is 2. The molecule has 0 aromatic rings. The Kier molecular flexibility index (Phi) is 5.99. The van der Waals surface area contributed by atoms with E-state index in [0.717, 1.165) is 0 Å². The largest absolute Gasteiger partial charge is 0.480 e. The van der Waals surface area contributed by atoms with Crippen LogP contribution in [0.5, 0.6) is 0 Å². The monoisotopic (exact) mass is 245 g/mol. The Hall–Kier alpha value is -1.26. The first-order valence-corrected chi connectivity index (χ1v) is 5.93. The number of carbonyl (C=O) groups is 2. The maximum atomic E-state index is 11.5. The number of rotatable bonds is 5. The number of ether oxygens (including phenoxy) is 1. The number of carboxylic acids is 1. The van der Waals surface area contributed by atoms with Crippen molar-refractivity contribution in [2.45, 2.75) is 59.1 Å². The molecule has 0 saturated heterocycles. The van der Waals surface area contributed by atoms with E-state index in [1.807, 2.05) is 13.8 Å². The van der Waals surface area contributed by atoms with Crippen LogP contribution in [0.25, 0.3) is 0 Å². The number of carbonyl (C=O) groups excluding carboxylic acids is 1. The lowest BCUT2D eigenvalue weighted by Crippen LogP contribution is -2.47. The maximum absolute atomic E-state index is 11.5. The fourth-order valence-electron chi connectivity index (χ4n) is 1.58. The third-order valence-corrected chi connectivity index (χ3v) is 2.46. The predicted molar refractivity (Wildman–Crippen MR) is 64.9 cm³/mol. The second-order valence-corrected chi connectivity index (χ2v) is 5.04. The topological polar surface area (TPSA) is 75.6 Å². The van der Waals surface area contributed by atoms with E-state index < -0.39 is 23.7 Å². The van der Waals surface area contributed by atoms with Crippen molar-refractivity contribution in [2.75, 3.05) is 0 Å². The first-order chi connectivity index (χ1) is 7.71. The molecule has 0 radical (unpaired) electrons. The quantitative estimate of drug-likeness (QED) is 0.779. The molecule has 0 aliphatic rings.